The first-order chi connectivity index (χ1) is 9.69. The van der Waals surface area contributed by atoms with Crippen molar-refractivity contribution < 1.29 is 9.57 Å². The Kier molecular flexibility index (Phi) is 6.10. The van der Waals surface area contributed by atoms with Crippen LogP contribution in [0.15, 0.2) is 5.16 Å². The van der Waals surface area contributed by atoms with Gasteiger partial charge in [0.25, 0.3) is 0 Å². The standard InChI is InChI=1S/C15H29N3O2/c1-4-13(10-17(2)3)15-16-19-12-14(20-15)11-18-8-6-5-7-9-18/h13-14H,4-12H2,1-3H3. The van der Waals surface area contributed by atoms with Crippen molar-refractivity contribution in [2.24, 2.45) is 11.1 Å². The van der Waals surface area contributed by atoms with Gasteiger partial charge in [0.15, 0.2) is 6.61 Å². The Bertz CT molecular complexity index is 314. The minimum atomic E-state index is 0.136. The molecule has 0 aromatic carbocycles. The summed E-state index contributed by atoms with van der Waals surface area (Å²) in [6, 6.07) is 0. The lowest BCUT2D eigenvalue weighted by Gasteiger charge is -2.33. The van der Waals surface area contributed by atoms with Crippen molar-refractivity contribution in [3.63, 3.8) is 0 Å². The lowest BCUT2D eigenvalue weighted by atomic mass is 10.1. The first-order valence-electron chi connectivity index (χ1n) is 7.92. The van der Waals surface area contributed by atoms with Crippen LogP contribution in [0.5, 0.6) is 0 Å². The number of hydrogen-bond acceptors (Lipinski definition) is 5. The van der Waals surface area contributed by atoms with E-state index >= 15 is 0 Å². The summed E-state index contributed by atoms with van der Waals surface area (Å²) < 4.78 is 6.10. The molecular weight excluding hydrogens is 254 g/mol. The molecule has 0 aromatic heterocycles. The second-order valence-electron chi connectivity index (χ2n) is 6.19. The van der Waals surface area contributed by atoms with Crippen molar-refractivity contribution >= 4 is 5.90 Å². The van der Waals surface area contributed by atoms with Crippen molar-refractivity contribution in [2.75, 3.05) is 46.9 Å². The Labute approximate surface area is 122 Å². The van der Waals surface area contributed by atoms with Gasteiger partial charge in [-0.1, -0.05) is 18.5 Å². The molecule has 0 amide bonds. The summed E-state index contributed by atoms with van der Waals surface area (Å²) in [5, 5.41) is 4.15. The highest BCUT2D eigenvalue weighted by atomic mass is 16.7. The second kappa shape index (κ2) is 7.84. The molecule has 0 aliphatic carbocycles. The molecule has 116 valence electrons. The maximum Gasteiger partial charge on any atom is 0.230 e. The molecule has 1 saturated heterocycles. The zero-order valence-electron chi connectivity index (χ0n) is 13.2. The molecule has 20 heavy (non-hydrogen) atoms. The molecule has 2 unspecified atom stereocenters. The van der Waals surface area contributed by atoms with Gasteiger partial charge >= 0.3 is 0 Å². The molecular formula is C15H29N3O2. The third-order valence-corrected chi connectivity index (χ3v) is 4.04. The second-order valence-corrected chi connectivity index (χ2v) is 6.19. The van der Waals surface area contributed by atoms with Crippen LogP contribution in [-0.4, -0.2) is 68.7 Å². The molecule has 2 aliphatic rings. The fourth-order valence-corrected chi connectivity index (χ4v) is 2.92. The van der Waals surface area contributed by atoms with Crippen LogP contribution in [0.25, 0.3) is 0 Å². The van der Waals surface area contributed by atoms with Crippen LogP contribution >= 0.6 is 0 Å². The summed E-state index contributed by atoms with van der Waals surface area (Å²) in [6.45, 7) is 7.07. The maximum absolute atomic E-state index is 6.10. The summed E-state index contributed by atoms with van der Waals surface area (Å²) in [4.78, 5) is 10.1. The molecule has 5 heteroatoms. The van der Waals surface area contributed by atoms with Gasteiger partial charge in [0, 0.05) is 13.1 Å². The van der Waals surface area contributed by atoms with Crippen LogP contribution in [-0.2, 0) is 9.57 Å². The monoisotopic (exact) mass is 283 g/mol. The number of oxime groups is 1. The highest BCUT2D eigenvalue weighted by Gasteiger charge is 2.27. The van der Waals surface area contributed by atoms with Crippen molar-refractivity contribution in [1.82, 2.24) is 9.80 Å². The SMILES string of the molecule is CCC(CN(C)C)C1=NOCC(CN2CCCCC2)O1. The highest BCUT2D eigenvalue weighted by molar-refractivity contribution is 5.79. The molecule has 2 aliphatic heterocycles. The average molecular weight is 283 g/mol. The molecule has 0 radical (unpaired) electrons. The van der Waals surface area contributed by atoms with Gasteiger partial charge in [-0.3, -0.25) is 4.90 Å². The summed E-state index contributed by atoms with van der Waals surface area (Å²) in [6.07, 6.45) is 5.15. The number of rotatable bonds is 6. The number of nitrogens with zero attached hydrogens (tertiary/aromatic N) is 3. The maximum atomic E-state index is 6.10. The first kappa shape index (κ1) is 15.6. The van der Waals surface area contributed by atoms with E-state index in [9.17, 15) is 0 Å². The van der Waals surface area contributed by atoms with E-state index in [1.165, 1.54) is 32.4 Å². The average Bonchev–Trinajstić information content (AvgIpc) is 2.46. The van der Waals surface area contributed by atoms with Crippen LogP contribution in [0.3, 0.4) is 0 Å². The van der Waals surface area contributed by atoms with E-state index in [4.69, 9.17) is 9.57 Å². The summed E-state index contributed by atoms with van der Waals surface area (Å²) in [7, 11) is 4.16. The van der Waals surface area contributed by atoms with E-state index in [1.807, 2.05) is 0 Å². The van der Waals surface area contributed by atoms with Crippen molar-refractivity contribution in [3.8, 4) is 0 Å². The third kappa shape index (κ3) is 4.63. The summed E-state index contributed by atoms with van der Waals surface area (Å²) in [5.41, 5.74) is 0. The molecule has 2 atom stereocenters. The smallest absolute Gasteiger partial charge is 0.230 e. The first-order valence-corrected chi connectivity index (χ1v) is 7.92. The third-order valence-electron chi connectivity index (χ3n) is 4.04. The fourth-order valence-electron chi connectivity index (χ4n) is 2.92. The number of piperidine rings is 1. The molecule has 0 aromatic rings. The van der Waals surface area contributed by atoms with E-state index in [-0.39, 0.29) is 6.10 Å². The van der Waals surface area contributed by atoms with Gasteiger partial charge in [-0.05, 0) is 46.4 Å². The Morgan fingerprint density at radius 1 is 1.30 bits per heavy atom. The minimum Gasteiger partial charge on any atom is -0.470 e. The van der Waals surface area contributed by atoms with Crippen LogP contribution in [0.4, 0.5) is 0 Å². The Morgan fingerprint density at radius 3 is 2.70 bits per heavy atom. The molecule has 0 bridgehead atoms. The van der Waals surface area contributed by atoms with Crippen LogP contribution in [0, 0.1) is 5.92 Å². The number of ether oxygens (including phenoxy) is 1. The van der Waals surface area contributed by atoms with Gasteiger partial charge in [0.05, 0.1) is 5.92 Å². The van der Waals surface area contributed by atoms with Gasteiger partial charge in [-0.15, -0.1) is 0 Å². The minimum absolute atomic E-state index is 0.136. The van der Waals surface area contributed by atoms with E-state index < -0.39 is 0 Å². The quantitative estimate of drug-likeness (QED) is 0.745. The van der Waals surface area contributed by atoms with Gasteiger partial charge in [0.2, 0.25) is 5.90 Å². The molecule has 2 heterocycles. The molecule has 5 nitrogen and oxygen atoms in total. The van der Waals surface area contributed by atoms with Gasteiger partial charge in [-0.25, -0.2) is 0 Å². The van der Waals surface area contributed by atoms with E-state index in [0.29, 0.717) is 12.5 Å². The normalized spacial score (nSPS) is 25.8. The van der Waals surface area contributed by atoms with Gasteiger partial charge in [-0.2, -0.15) is 0 Å². The van der Waals surface area contributed by atoms with Crippen LogP contribution < -0.4 is 0 Å². The predicted molar refractivity (Wildman–Crippen MR) is 80.9 cm³/mol. The largest absolute Gasteiger partial charge is 0.470 e. The lowest BCUT2D eigenvalue weighted by molar-refractivity contribution is -0.0162. The van der Waals surface area contributed by atoms with E-state index in [0.717, 1.165) is 25.4 Å². The van der Waals surface area contributed by atoms with Crippen LogP contribution in [0.2, 0.25) is 0 Å². The highest BCUT2D eigenvalue weighted by Crippen LogP contribution is 2.17. The Balaban J connectivity index is 1.84. The van der Waals surface area contributed by atoms with Gasteiger partial charge < -0.3 is 14.5 Å². The van der Waals surface area contributed by atoms with Crippen LogP contribution in [0.1, 0.15) is 32.6 Å². The zero-order valence-corrected chi connectivity index (χ0v) is 13.2. The zero-order chi connectivity index (χ0) is 14.4. The van der Waals surface area contributed by atoms with Crippen molar-refractivity contribution in [3.05, 3.63) is 0 Å². The summed E-state index contributed by atoms with van der Waals surface area (Å²) in [5.74, 6) is 1.11. The fraction of sp³-hybridized carbons (Fsp3) is 0.933. The number of hydrogen-bond donors (Lipinski definition) is 0. The van der Waals surface area contributed by atoms with Gasteiger partial charge in [0.1, 0.15) is 6.10 Å². The molecule has 0 N–H and O–H groups in total. The Hall–Kier alpha value is -0.810. The van der Waals surface area contributed by atoms with E-state index in [2.05, 4.69) is 36.0 Å². The molecule has 2 rings (SSSR count). The Morgan fingerprint density at radius 2 is 2.05 bits per heavy atom. The topological polar surface area (TPSA) is 37.3 Å². The van der Waals surface area contributed by atoms with E-state index in [1.54, 1.807) is 0 Å². The molecule has 0 saturated carbocycles. The summed E-state index contributed by atoms with van der Waals surface area (Å²) >= 11 is 0. The van der Waals surface area contributed by atoms with Crippen molar-refractivity contribution in [1.29, 1.82) is 0 Å². The number of likely N-dealkylation sites (tertiary alicyclic amines) is 1. The van der Waals surface area contributed by atoms with Crippen molar-refractivity contribution in [2.45, 2.75) is 38.7 Å². The lowest BCUT2D eigenvalue weighted by Crippen LogP contribution is -2.43. The molecule has 1 fully saturated rings. The predicted octanol–water partition coefficient (Wildman–Crippen LogP) is 1.79. The molecule has 0 spiro atoms.